The van der Waals surface area contributed by atoms with Gasteiger partial charge in [-0.05, 0) is 77.0 Å². The SMILES string of the molecule is CCCCC/C=C\C/C=C\C/C=C\CCCCCCCCC(=O)OC(COC(=O)CCCCCCC/C=C\CCCCCCCCC)COP(=O)(O)OCC(N)C(=O)O. The van der Waals surface area contributed by atoms with Gasteiger partial charge in [-0.2, -0.15) is 0 Å². The third kappa shape index (κ3) is 41.9. The van der Waals surface area contributed by atoms with Crippen LogP contribution in [0.5, 0.6) is 0 Å². The van der Waals surface area contributed by atoms with E-state index in [-0.39, 0.29) is 19.4 Å². The van der Waals surface area contributed by atoms with Gasteiger partial charge in [-0.15, -0.1) is 0 Å². The lowest BCUT2D eigenvalue weighted by Gasteiger charge is -2.20. The summed E-state index contributed by atoms with van der Waals surface area (Å²) in [6, 6.07) is -1.53. The van der Waals surface area contributed by atoms with Crippen LogP contribution < -0.4 is 5.73 Å². The summed E-state index contributed by atoms with van der Waals surface area (Å²) in [7, 11) is -4.72. The number of unbranched alkanes of at least 4 members (excludes halogenated alkanes) is 21. The average molecular weight is 854 g/mol. The Morgan fingerprint density at radius 2 is 0.898 bits per heavy atom. The highest BCUT2D eigenvalue weighted by molar-refractivity contribution is 7.47. The number of phosphoric acid groups is 1. The van der Waals surface area contributed by atoms with Crippen LogP contribution in [0.15, 0.2) is 48.6 Å². The van der Waals surface area contributed by atoms with Crippen molar-refractivity contribution in [3.63, 3.8) is 0 Å². The first-order valence-electron chi connectivity index (χ1n) is 23.2. The van der Waals surface area contributed by atoms with E-state index in [0.29, 0.717) is 12.8 Å². The number of carboxylic acid groups (broad SMARTS) is 1. The molecule has 0 spiro atoms. The molecule has 3 unspecified atom stereocenters. The van der Waals surface area contributed by atoms with Gasteiger partial charge in [-0.1, -0.05) is 159 Å². The van der Waals surface area contributed by atoms with Crippen LogP contribution in [0.3, 0.4) is 0 Å². The summed E-state index contributed by atoms with van der Waals surface area (Å²) in [5.41, 5.74) is 5.34. The topological polar surface area (TPSA) is 172 Å². The molecule has 4 N–H and O–H groups in total. The lowest BCUT2D eigenvalue weighted by atomic mass is 10.1. The molecule has 0 heterocycles. The highest BCUT2D eigenvalue weighted by Crippen LogP contribution is 2.43. The number of carbonyl (C=O) groups excluding carboxylic acids is 2. The molecular formula is C47H84NO10P. The first-order valence-corrected chi connectivity index (χ1v) is 24.7. The van der Waals surface area contributed by atoms with Gasteiger partial charge in [-0.25, -0.2) is 4.57 Å². The van der Waals surface area contributed by atoms with Gasteiger partial charge in [-0.3, -0.25) is 23.4 Å². The fraction of sp³-hybridized carbons (Fsp3) is 0.766. The number of rotatable bonds is 43. The molecule has 59 heavy (non-hydrogen) atoms. The molecule has 3 atom stereocenters. The van der Waals surface area contributed by atoms with Crippen molar-refractivity contribution in [1.29, 1.82) is 0 Å². The van der Waals surface area contributed by atoms with Crippen molar-refractivity contribution in [2.75, 3.05) is 19.8 Å². The van der Waals surface area contributed by atoms with Crippen molar-refractivity contribution in [2.24, 2.45) is 5.73 Å². The van der Waals surface area contributed by atoms with Crippen LogP contribution in [-0.2, 0) is 37.5 Å². The summed E-state index contributed by atoms with van der Waals surface area (Å²) in [5.74, 6) is -2.40. The Hall–Kier alpha value is -2.56. The second kappa shape index (κ2) is 42.1. The maximum Gasteiger partial charge on any atom is 0.472 e. The molecule has 0 aromatic rings. The lowest BCUT2D eigenvalue weighted by Crippen LogP contribution is -2.34. The van der Waals surface area contributed by atoms with Crippen molar-refractivity contribution in [2.45, 2.75) is 212 Å². The van der Waals surface area contributed by atoms with Crippen LogP contribution in [0.4, 0.5) is 0 Å². The number of esters is 2. The molecule has 0 aromatic carbocycles. The molecular weight excluding hydrogens is 769 g/mol. The Morgan fingerprint density at radius 1 is 0.525 bits per heavy atom. The Bertz CT molecular complexity index is 1190. The molecule has 0 aliphatic heterocycles. The van der Waals surface area contributed by atoms with Crippen LogP contribution >= 0.6 is 7.82 Å². The molecule has 0 amide bonds. The first-order chi connectivity index (χ1) is 28.6. The van der Waals surface area contributed by atoms with Gasteiger partial charge < -0.3 is 25.2 Å². The molecule has 0 bridgehead atoms. The zero-order valence-electron chi connectivity index (χ0n) is 37.1. The average Bonchev–Trinajstić information content (AvgIpc) is 3.21. The molecule has 0 fully saturated rings. The first kappa shape index (κ1) is 56.4. The number of aliphatic carboxylic acids is 1. The van der Waals surface area contributed by atoms with E-state index in [2.05, 4.69) is 67.0 Å². The number of carbonyl (C=O) groups is 3. The minimum absolute atomic E-state index is 0.144. The Morgan fingerprint density at radius 3 is 1.39 bits per heavy atom. The molecule has 0 saturated carbocycles. The van der Waals surface area contributed by atoms with Gasteiger partial charge in [0.1, 0.15) is 12.6 Å². The van der Waals surface area contributed by atoms with Gasteiger partial charge in [0.05, 0.1) is 13.2 Å². The number of ether oxygens (including phenoxy) is 2. The largest absolute Gasteiger partial charge is 0.480 e. The van der Waals surface area contributed by atoms with Gasteiger partial charge in [0.15, 0.2) is 6.10 Å². The third-order valence-corrected chi connectivity index (χ3v) is 10.8. The van der Waals surface area contributed by atoms with E-state index in [9.17, 15) is 23.8 Å². The monoisotopic (exact) mass is 854 g/mol. The van der Waals surface area contributed by atoms with Crippen LogP contribution in [0.2, 0.25) is 0 Å². The predicted octanol–water partition coefficient (Wildman–Crippen LogP) is 12.6. The molecule has 12 heteroatoms. The van der Waals surface area contributed by atoms with E-state index in [4.69, 9.17) is 24.8 Å². The fourth-order valence-corrected chi connectivity index (χ4v) is 6.90. The van der Waals surface area contributed by atoms with Crippen LogP contribution in [0.1, 0.15) is 200 Å². The highest BCUT2D eigenvalue weighted by Gasteiger charge is 2.28. The summed E-state index contributed by atoms with van der Waals surface area (Å²) in [6.07, 6.45) is 47.4. The van der Waals surface area contributed by atoms with E-state index in [1.165, 1.54) is 70.6 Å². The second-order valence-electron chi connectivity index (χ2n) is 15.5. The standard InChI is InChI=1S/C47H84NO10P/c1-3-5-7-9-11-13-15-17-19-21-22-23-25-27-29-31-33-35-37-39-46(50)58-43(41-56-59(53,54)57-42-44(48)47(51)52)40-55-45(49)38-36-34-32-30-28-26-24-20-18-16-14-12-10-8-6-4-2/h11,13,17,19-20,22-24,43-44H,3-10,12,14-16,18,21,25-42,48H2,1-2H3,(H,51,52)(H,53,54)/b13-11-,19-17-,23-22-,24-20-. The predicted molar refractivity (Wildman–Crippen MR) is 240 cm³/mol. The van der Waals surface area contributed by atoms with Gasteiger partial charge in [0, 0.05) is 12.8 Å². The molecule has 0 radical (unpaired) electrons. The Kier molecular flexibility index (Phi) is 40.3. The van der Waals surface area contributed by atoms with Crippen molar-refractivity contribution in [3.05, 3.63) is 48.6 Å². The van der Waals surface area contributed by atoms with Crippen molar-refractivity contribution in [3.8, 4) is 0 Å². The van der Waals surface area contributed by atoms with Crippen molar-refractivity contribution >= 4 is 25.7 Å². The Labute approximate surface area is 358 Å². The molecule has 342 valence electrons. The summed E-state index contributed by atoms with van der Waals surface area (Å²) in [6.45, 7) is 2.76. The smallest absolute Gasteiger partial charge is 0.472 e. The summed E-state index contributed by atoms with van der Waals surface area (Å²) in [4.78, 5) is 46.0. The summed E-state index contributed by atoms with van der Waals surface area (Å²) < 4.78 is 32.7. The molecule has 11 nitrogen and oxygen atoms in total. The minimum Gasteiger partial charge on any atom is -0.480 e. The van der Waals surface area contributed by atoms with Gasteiger partial charge >= 0.3 is 25.7 Å². The number of hydrogen-bond acceptors (Lipinski definition) is 9. The van der Waals surface area contributed by atoms with E-state index in [0.717, 1.165) is 89.9 Å². The lowest BCUT2D eigenvalue weighted by molar-refractivity contribution is -0.161. The number of carboxylic acids is 1. The van der Waals surface area contributed by atoms with E-state index < -0.39 is 51.1 Å². The van der Waals surface area contributed by atoms with E-state index in [1.807, 2.05) is 0 Å². The molecule has 0 saturated heterocycles. The Balaban J connectivity index is 4.37. The quantitative estimate of drug-likeness (QED) is 0.0231. The maximum atomic E-state index is 12.6. The van der Waals surface area contributed by atoms with Crippen molar-refractivity contribution in [1.82, 2.24) is 0 Å². The molecule has 0 aromatic heterocycles. The second-order valence-corrected chi connectivity index (χ2v) is 17.0. The highest BCUT2D eigenvalue weighted by atomic mass is 31.2. The van der Waals surface area contributed by atoms with Crippen LogP contribution in [0, 0.1) is 0 Å². The summed E-state index contributed by atoms with van der Waals surface area (Å²) in [5, 5.41) is 8.90. The maximum absolute atomic E-state index is 12.6. The zero-order chi connectivity index (χ0) is 43.5. The minimum atomic E-state index is -4.72. The summed E-state index contributed by atoms with van der Waals surface area (Å²) >= 11 is 0. The zero-order valence-corrected chi connectivity index (χ0v) is 38.0. The number of phosphoric ester groups is 1. The number of allylic oxidation sites excluding steroid dienone is 8. The normalized spacial score (nSPS) is 14.1. The fourth-order valence-electron chi connectivity index (χ4n) is 6.12. The number of hydrogen-bond donors (Lipinski definition) is 3. The third-order valence-electron chi connectivity index (χ3n) is 9.80. The van der Waals surface area contributed by atoms with E-state index >= 15 is 0 Å². The van der Waals surface area contributed by atoms with Gasteiger partial charge in [0.2, 0.25) is 0 Å². The van der Waals surface area contributed by atoms with Crippen molar-refractivity contribution < 1.29 is 47.5 Å². The van der Waals surface area contributed by atoms with Crippen LogP contribution in [0.25, 0.3) is 0 Å². The van der Waals surface area contributed by atoms with Gasteiger partial charge in [0.25, 0.3) is 0 Å². The number of nitrogens with two attached hydrogens (primary N) is 1. The molecule has 0 aliphatic carbocycles. The van der Waals surface area contributed by atoms with Crippen LogP contribution in [-0.4, -0.2) is 59.9 Å². The molecule has 0 rings (SSSR count). The van der Waals surface area contributed by atoms with E-state index in [1.54, 1.807) is 0 Å². The molecule has 0 aliphatic rings.